The third-order valence-electron chi connectivity index (χ3n) is 3.75. The molecule has 0 saturated carbocycles. The van der Waals surface area contributed by atoms with Crippen LogP contribution in [0.1, 0.15) is 12.0 Å². The van der Waals surface area contributed by atoms with Crippen LogP contribution in [0.25, 0.3) is 0 Å². The van der Waals surface area contributed by atoms with Gasteiger partial charge in [0.15, 0.2) is 0 Å². The zero-order valence-electron chi connectivity index (χ0n) is 13.1. The number of hydrogen-bond donors (Lipinski definition) is 0. The van der Waals surface area contributed by atoms with E-state index in [4.69, 9.17) is 9.47 Å². The lowest BCUT2D eigenvalue weighted by atomic mass is 10.1. The number of benzene rings is 1. The van der Waals surface area contributed by atoms with Gasteiger partial charge in [0.1, 0.15) is 12.6 Å². The Morgan fingerprint density at radius 1 is 1.09 bits per heavy atom. The Labute approximate surface area is 134 Å². The van der Waals surface area contributed by atoms with Crippen LogP contribution >= 0.6 is 0 Å². The van der Waals surface area contributed by atoms with Gasteiger partial charge in [0.25, 0.3) is 0 Å². The lowest BCUT2D eigenvalue weighted by Gasteiger charge is -2.21. The normalized spacial score (nSPS) is 20.0. The number of ether oxygens (including phenoxy) is 3. The summed E-state index contributed by atoms with van der Waals surface area (Å²) < 4.78 is 14.6. The number of amides is 1. The van der Waals surface area contributed by atoms with Crippen LogP contribution in [0.5, 0.6) is 0 Å². The van der Waals surface area contributed by atoms with Gasteiger partial charge in [-0.3, -0.25) is 9.69 Å². The Kier molecular flexibility index (Phi) is 5.56. The van der Waals surface area contributed by atoms with Crippen molar-refractivity contribution in [2.45, 2.75) is 19.1 Å². The summed E-state index contributed by atoms with van der Waals surface area (Å²) in [6, 6.07) is 8.35. The van der Waals surface area contributed by atoms with Gasteiger partial charge in [-0.25, -0.2) is 9.59 Å². The summed E-state index contributed by atoms with van der Waals surface area (Å²) in [4.78, 5) is 37.0. The van der Waals surface area contributed by atoms with Gasteiger partial charge < -0.3 is 14.2 Å². The van der Waals surface area contributed by atoms with Crippen molar-refractivity contribution in [3.8, 4) is 0 Å². The van der Waals surface area contributed by atoms with E-state index in [9.17, 15) is 14.4 Å². The van der Waals surface area contributed by atoms with Crippen molar-refractivity contribution in [2.75, 3.05) is 20.8 Å². The fourth-order valence-electron chi connectivity index (χ4n) is 2.54. The second-order valence-electron chi connectivity index (χ2n) is 5.19. The number of carbonyl (C=O) groups is 3. The average molecular weight is 321 g/mol. The number of likely N-dealkylation sites (tertiary alicyclic amines) is 1. The van der Waals surface area contributed by atoms with Crippen LogP contribution in [0.2, 0.25) is 0 Å². The van der Waals surface area contributed by atoms with Gasteiger partial charge in [-0.1, -0.05) is 30.3 Å². The molecule has 1 fully saturated rings. The highest BCUT2D eigenvalue weighted by atomic mass is 16.6. The maximum absolute atomic E-state index is 12.2. The molecule has 1 heterocycles. The molecule has 0 radical (unpaired) electrons. The van der Waals surface area contributed by atoms with Crippen molar-refractivity contribution in [1.82, 2.24) is 4.90 Å². The molecule has 7 heteroatoms. The fourth-order valence-corrected chi connectivity index (χ4v) is 2.54. The Morgan fingerprint density at radius 3 is 2.35 bits per heavy atom. The Bertz CT molecular complexity index is 573. The number of rotatable bonds is 4. The van der Waals surface area contributed by atoms with E-state index >= 15 is 0 Å². The molecule has 0 bridgehead atoms. The molecule has 1 aromatic carbocycles. The van der Waals surface area contributed by atoms with Gasteiger partial charge in [-0.15, -0.1) is 0 Å². The molecule has 1 aromatic rings. The van der Waals surface area contributed by atoms with E-state index in [2.05, 4.69) is 4.74 Å². The predicted molar refractivity (Wildman–Crippen MR) is 79.3 cm³/mol. The third-order valence-corrected chi connectivity index (χ3v) is 3.75. The molecule has 0 aromatic heterocycles. The van der Waals surface area contributed by atoms with Crippen molar-refractivity contribution in [2.24, 2.45) is 5.92 Å². The highest BCUT2D eigenvalue weighted by molar-refractivity contribution is 5.85. The molecule has 2 unspecified atom stereocenters. The molecule has 7 nitrogen and oxygen atoms in total. The summed E-state index contributed by atoms with van der Waals surface area (Å²) >= 11 is 0. The summed E-state index contributed by atoms with van der Waals surface area (Å²) in [7, 11) is 2.51. The highest BCUT2D eigenvalue weighted by Crippen LogP contribution is 2.26. The van der Waals surface area contributed by atoms with Gasteiger partial charge in [-0.05, 0) is 12.0 Å². The number of esters is 2. The number of nitrogens with zero attached hydrogens (tertiary/aromatic N) is 1. The van der Waals surface area contributed by atoms with E-state index < -0.39 is 30.0 Å². The van der Waals surface area contributed by atoms with E-state index in [1.54, 1.807) is 0 Å². The molecule has 1 amide bonds. The first-order chi connectivity index (χ1) is 11.1. The van der Waals surface area contributed by atoms with Gasteiger partial charge >= 0.3 is 18.0 Å². The summed E-state index contributed by atoms with van der Waals surface area (Å²) in [5, 5.41) is 0. The molecular weight excluding hydrogens is 302 g/mol. The molecule has 1 aliphatic rings. The number of carbonyl (C=O) groups excluding carboxylic acids is 3. The van der Waals surface area contributed by atoms with Crippen molar-refractivity contribution >= 4 is 18.0 Å². The monoisotopic (exact) mass is 321 g/mol. The Morgan fingerprint density at radius 2 is 1.74 bits per heavy atom. The molecule has 0 spiro atoms. The van der Waals surface area contributed by atoms with Gasteiger partial charge in [0.2, 0.25) is 0 Å². The molecular formula is C16H19NO6. The quantitative estimate of drug-likeness (QED) is 0.615. The number of methoxy groups -OCH3 is 2. The van der Waals surface area contributed by atoms with Crippen LogP contribution in [0.4, 0.5) is 4.79 Å². The topological polar surface area (TPSA) is 82.1 Å². The SMILES string of the molecule is COC(=O)C1CC(C(=O)OC)N(C(=O)OCc2ccccc2)C1. The zero-order chi connectivity index (χ0) is 16.8. The lowest BCUT2D eigenvalue weighted by Crippen LogP contribution is -2.41. The van der Waals surface area contributed by atoms with Gasteiger partial charge in [0, 0.05) is 6.54 Å². The summed E-state index contributed by atoms with van der Waals surface area (Å²) in [5.74, 6) is -1.60. The molecule has 23 heavy (non-hydrogen) atoms. The Balaban J connectivity index is 2.03. The van der Waals surface area contributed by atoms with Gasteiger partial charge in [0.05, 0.1) is 20.1 Å². The molecule has 0 aliphatic carbocycles. The fraction of sp³-hybridized carbons (Fsp3) is 0.438. The van der Waals surface area contributed by atoms with Crippen molar-refractivity contribution < 1.29 is 28.6 Å². The number of hydrogen-bond acceptors (Lipinski definition) is 6. The van der Waals surface area contributed by atoms with E-state index in [0.29, 0.717) is 0 Å². The standard InChI is InChI=1S/C16H19NO6/c1-21-14(18)12-8-13(15(19)22-2)17(9-12)16(20)23-10-11-6-4-3-5-7-11/h3-7,12-13H,8-10H2,1-2H3. The zero-order valence-corrected chi connectivity index (χ0v) is 13.1. The minimum Gasteiger partial charge on any atom is -0.469 e. The molecule has 0 N–H and O–H groups in total. The average Bonchev–Trinajstić information content (AvgIpc) is 3.04. The van der Waals surface area contributed by atoms with Crippen LogP contribution in [0.3, 0.4) is 0 Å². The van der Waals surface area contributed by atoms with Crippen molar-refractivity contribution in [1.29, 1.82) is 0 Å². The first-order valence-electron chi connectivity index (χ1n) is 7.19. The Hall–Kier alpha value is -2.57. The third kappa shape index (κ3) is 4.00. The smallest absolute Gasteiger partial charge is 0.410 e. The van der Waals surface area contributed by atoms with E-state index in [-0.39, 0.29) is 19.6 Å². The maximum atomic E-state index is 12.2. The minimum atomic E-state index is -0.840. The van der Waals surface area contributed by atoms with Crippen LogP contribution in [-0.2, 0) is 30.4 Å². The first-order valence-corrected chi connectivity index (χ1v) is 7.19. The highest BCUT2D eigenvalue weighted by Gasteiger charge is 2.44. The molecule has 2 rings (SSSR count). The minimum absolute atomic E-state index is 0.0695. The summed E-state index contributed by atoms with van der Waals surface area (Å²) in [6.45, 7) is 0.160. The van der Waals surface area contributed by atoms with Crippen LogP contribution in [0, 0.1) is 5.92 Å². The summed E-state index contributed by atoms with van der Waals surface area (Å²) in [6.07, 6.45) is -0.490. The van der Waals surface area contributed by atoms with Crippen molar-refractivity contribution in [3.63, 3.8) is 0 Å². The maximum Gasteiger partial charge on any atom is 0.410 e. The predicted octanol–water partition coefficient (Wildman–Crippen LogP) is 1.36. The second-order valence-corrected chi connectivity index (χ2v) is 5.19. The van der Waals surface area contributed by atoms with Gasteiger partial charge in [-0.2, -0.15) is 0 Å². The molecule has 2 atom stereocenters. The van der Waals surface area contributed by atoms with Crippen LogP contribution < -0.4 is 0 Å². The summed E-state index contributed by atoms with van der Waals surface area (Å²) in [5.41, 5.74) is 0.833. The molecule has 124 valence electrons. The van der Waals surface area contributed by atoms with Crippen LogP contribution in [-0.4, -0.2) is 49.7 Å². The molecule has 1 aliphatic heterocycles. The van der Waals surface area contributed by atoms with E-state index in [1.807, 2.05) is 30.3 Å². The molecule has 1 saturated heterocycles. The van der Waals surface area contributed by atoms with Crippen molar-refractivity contribution in [3.05, 3.63) is 35.9 Å². The first kappa shape index (κ1) is 16.8. The lowest BCUT2D eigenvalue weighted by molar-refractivity contribution is -0.145. The second kappa shape index (κ2) is 7.62. The van der Waals surface area contributed by atoms with E-state index in [0.717, 1.165) is 5.56 Å². The van der Waals surface area contributed by atoms with E-state index in [1.165, 1.54) is 19.1 Å². The van der Waals surface area contributed by atoms with Crippen LogP contribution in [0.15, 0.2) is 30.3 Å². The largest absolute Gasteiger partial charge is 0.469 e.